The van der Waals surface area contributed by atoms with Crippen LogP contribution >= 0.6 is 72.0 Å². The van der Waals surface area contributed by atoms with Gasteiger partial charge in [0.1, 0.15) is 4.84 Å². The third-order valence-electron chi connectivity index (χ3n) is 0.208. The van der Waals surface area contributed by atoms with Crippen LogP contribution < -0.4 is 0 Å². The SMILES string of the molecule is Cl.Cl.Cl.OC(Cl)C(Cl)Cl.[Ti]. The minimum absolute atomic E-state index is 0. The minimum atomic E-state index is -1.15. The van der Waals surface area contributed by atoms with Crippen molar-refractivity contribution in [2.24, 2.45) is 0 Å². The van der Waals surface area contributed by atoms with Crippen molar-refractivity contribution in [3.8, 4) is 0 Å². The van der Waals surface area contributed by atoms with E-state index in [1.807, 2.05) is 0 Å². The molecule has 1 nitrogen and oxygen atoms in total. The molecule has 0 radical (unpaired) electrons. The molecule has 0 fully saturated rings. The van der Waals surface area contributed by atoms with E-state index in [2.05, 4.69) is 0 Å². The monoisotopic (exact) mass is 304 g/mol. The zero-order valence-electron chi connectivity index (χ0n) is 4.46. The van der Waals surface area contributed by atoms with Crippen LogP contribution in [0.2, 0.25) is 0 Å². The van der Waals surface area contributed by atoms with E-state index in [0.717, 1.165) is 0 Å². The summed E-state index contributed by atoms with van der Waals surface area (Å²) in [7, 11) is 0. The van der Waals surface area contributed by atoms with Gasteiger partial charge in [-0.25, -0.2) is 0 Å². The maximum absolute atomic E-state index is 8.13. The Labute approximate surface area is 108 Å². The molecular weight excluding hydrogens is 301 g/mol. The molecule has 0 amide bonds. The van der Waals surface area contributed by atoms with E-state index in [4.69, 9.17) is 39.9 Å². The van der Waals surface area contributed by atoms with E-state index in [0.29, 0.717) is 0 Å². The van der Waals surface area contributed by atoms with Crippen molar-refractivity contribution in [3.63, 3.8) is 0 Å². The van der Waals surface area contributed by atoms with Gasteiger partial charge in [-0.15, -0.1) is 60.4 Å². The van der Waals surface area contributed by atoms with Gasteiger partial charge in [-0.1, -0.05) is 11.6 Å². The standard InChI is InChI=1S/C2H3Cl3O.3ClH.Ti/c3-1(4)2(5)6;;;;/h1-2,6H;3*1H;. The molecule has 0 rings (SSSR count). The first-order valence-electron chi connectivity index (χ1n) is 1.25. The van der Waals surface area contributed by atoms with E-state index < -0.39 is 10.4 Å². The van der Waals surface area contributed by atoms with Crippen LogP contribution in [0.15, 0.2) is 0 Å². The Hall–Kier alpha value is 2.41. The van der Waals surface area contributed by atoms with E-state index >= 15 is 0 Å². The topological polar surface area (TPSA) is 20.2 Å². The second-order valence-corrected chi connectivity index (χ2v) is 2.32. The number of aliphatic hydroxyl groups excluding tert-OH is 1. The average molecular weight is 307 g/mol. The zero-order chi connectivity index (χ0) is 5.15. The fourth-order valence-electron chi connectivity index (χ4n) is 0. The van der Waals surface area contributed by atoms with Gasteiger partial charge < -0.3 is 5.11 Å². The number of hydrogen-bond donors (Lipinski definition) is 1. The molecule has 0 aromatic heterocycles. The summed E-state index contributed by atoms with van der Waals surface area (Å²) in [5, 5.41) is 8.13. The van der Waals surface area contributed by atoms with E-state index in [1.165, 1.54) is 0 Å². The third kappa shape index (κ3) is 22.4. The first kappa shape index (κ1) is 29.4. The smallest absolute Gasteiger partial charge is 0.157 e. The van der Waals surface area contributed by atoms with Crippen LogP contribution in [0.5, 0.6) is 0 Å². The van der Waals surface area contributed by atoms with Crippen molar-refractivity contribution in [2.75, 3.05) is 0 Å². The average Bonchev–Trinajstić information content (AvgIpc) is 1.36. The van der Waals surface area contributed by atoms with Gasteiger partial charge in [-0.2, -0.15) is 0 Å². The summed E-state index contributed by atoms with van der Waals surface area (Å²) in [5.74, 6) is 0. The number of halogens is 6. The Balaban J connectivity index is -0.0000000208. The summed E-state index contributed by atoms with van der Waals surface area (Å²) in [4.78, 5) is -0.883. The van der Waals surface area contributed by atoms with Gasteiger partial charge >= 0.3 is 0 Å². The second-order valence-electron chi connectivity index (χ2n) is 0.707. The molecule has 0 aliphatic carbocycles. The predicted octanol–water partition coefficient (Wildman–Crippen LogP) is 2.61. The Kier molecular flexibility index (Phi) is 51.4. The molecule has 0 saturated heterocycles. The fraction of sp³-hybridized carbons (Fsp3) is 1.00. The van der Waals surface area contributed by atoms with Crippen molar-refractivity contribution in [2.45, 2.75) is 10.4 Å². The molecule has 0 heterocycles. The third-order valence-corrected chi connectivity index (χ3v) is 1.20. The largest absolute Gasteiger partial charge is 0.375 e. The molecule has 0 saturated carbocycles. The molecule has 1 unspecified atom stereocenters. The first-order chi connectivity index (χ1) is 2.64. The van der Waals surface area contributed by atoms with Crippen molar-refractivity contribution in [3.05, 3.63) is 0 Å². The van der Waals surface area contributed by atoms with Crippen molar-refractivity contribution in [1.82, 2.24) is 0 Å². The molecule has 1 atom stereocenters. The van der Waals surface area contributed by atoms with Crippen molar-refractivity contribution >= 4 is 72.0 Å². The van der Waals surface area contributed by atoms with Gasteiger partial charge in [0.25, 0.3) is 0 Å². The second kappa shape index (κ2) is 17.5. The first-order valence-corrected chi connectivity index (χ1v) is 2.56. The Morgan fingerprint density at radius 2 is 1.00 bits per heavy atom. The normalized spacial score (nSPS) is 9.30. The molecule has 0 aromatic carbocycles. The summed E-state index contributed by atoms with van der Waals surface area (Å²) in [6.07, 6.45) is 0. The van der Waals surface area contributed by atoms with Gasteiger partial charge in [0.2, 0.25) is 0 Å². The quantitative estimate of drug-likeness (QED) is 0.583. The van der Waals surface area contributed by atoms with Gasteiger partial charge in [0.05, 0.1) is 0 Å². The predicted molar refractivity (Wildman–Crippen MR) is 49.1 cm³/mol. The van der Waals surface area contributed by atoms with Gasteiger partial charge in [0.15, 0.2) is 5.56 Å². The number of aliphatic hydroxyl groups is 1. The van der Waals surface area contributed by atoms with Gasteiger partial charge in [-0.05, 0) is 0 Å². The molecule has 10 heavy (non-hydrogen) atoms. The van der Waals surface area contributed by atoms with E-state index in [-0.39, 0.29) is 58.9 Å². The molecule has 66 valence electrons. The van der Waals surface area contributed by atoms with Crippen LogP contribution in [0.3, 0.4) is 0 Å². The van der Waals surface area contributed by atoms with E-state index in [1.54, 1.807) is 0 Å². The Morgan fingerprint density at radius 1 is 0.900 bits per heavy atom. The van der Waals surface area contributed by atoms with Gasteiger partial charge in [-0.3, -0.25) is 0 Å². The summed E-state index contributed by atoms with van der Waals surface area (Å²) in [6.45, 7) is 0. The molecule has 0 bridgehead atoms. The Morgan fingerprint density at radius 3 is 1.00 bits per heavy atom. The van der Waals surface area contributed by atoms with Gasteiger partial charge in [0, 0.05) is 21.7 Å². The summed E-state index contributed by atoms with van der Waals surface area (Å²) in [5.41, 5.74) is -1.15. The maximum atomic E-state index is 8.13. The summed E-state index contributed by atoms with van der Waals surface area (Å²) >= 11 is 14.9. The summed E-state index contributed by atoms with van der Waals surface area (Å²) in [6, 6.07) is 0. The van der Waals surface area contributed by atoms with Crippen molar-refractivity contribution < 1.29 is 26.8 Å². The van der Waals surface area contributed by atoms with Crippen LogP contribution in [0.25, 0.3) is 0 Å². The molecule has 0 spiro atoms. The fourth-order valence-corrected chi connectivity index (χ4v) is 0. The van der Waals surface area contributed by atoms with Crippen molar-refractivity contribution in [1.29, 1.82) is 0 Å². The zero-order valence-corrected chi connectivity index (χ0v) is 10.7. The molecule has 0 aliphatic heterocycles. The number of alkyl halides is 3. The molecule has 1 N–H and O–H groups in total. The molecular formula is C2H6Cl6OTi. The summed E-state index contributed by atoms with van der Waals surface area (Å²) < 4.78 is 0. The maximum Gasteiger partial charge on any atom is 0.157 e. The van der Waals surface area contributed by atoms with E-state index in [9.17, 15) is 0 Å². The van der Waals surface area contributed by atoms with Crippen LogP contribution in [0.4, 0.5) is 0 Å². The van der Waals surface area contributed by atoms with Crippen LogP contribution in [0, 0.1) is 0 Å². The van der Waals surface area contributed by atoms with Crippen LogP contribution in [0.1, 0.15) is 0 Å². The van der Waals surface area contributed by atoms with Crippen LogP contribution in [-0.4, -0.2) is 15.5 Å². The molecule has 0 aliphatic rings. The molecule has 0 aromatic rings. The number of hydrogen-bond acceptors (Lipinski definition) is 1. The number of rotatable bonds is 1. The Bertz CT molecular complexity index is 36.7. The molecule has 8 heteroatoms. The minimum Gasteiger partial charge on any atom is -0.375 e. The van der Waals surface area contributed by atoms with Crippen LogP contribution in [-0.2, 0) is 21.7 Å².